The van der Waals surface area contributed by atoms with Crippen molar-refractivity contribution in [3.8, 4) is 0 Å². The number of unbranched alkanes of at least 4 members (excludes halogenated alkanes) is 1. The van der Waals surface area contributed by atoms with Gasteiger partial charge in [-0.3, -0.25) is 4.90 Å². The fourth-order valence-electron chi connectivity index (χ4n) is 3.48. The molecule has 24 heavy (non-hydrogen) atoms. The summed E-state index contributed by atoms with van der Waals surface area (Å²) >= 11 is 0. The van der Waals surface area contributed by atoms with Gasteiger partial charge in [0.1, 0.15) is 5.82 Å². The molecule has 3 nitrogen and oxygen atoms in total. The lowest BCUT2D eigenvalue weighted by atomic mass is 9.95. The summed E-state index contributed by atoms with van der Waals surface area (Å²) in [4.78, 5) is 7.24. The smallest absolute Gasteiger partial charge is 0.125 e. The number of hydrogen-bond donors (Lipinski definition) is 1. The third kappa shape index (κ3) is 4.57. The lowest BCUT2D eigenvalue weighted by Crippen LogP contribution is -2.33. The monoisotopic (exact) mass is 323 g/mol. The van der Waals surface area contributed by atoms with Crippen molar-refractivity contribution in [1.82, 2.24) is 9.88 Å². The molecule has 1 aliphatic heterocycles. The Bertz CT molecular complexity index is 594. The van der Waals surface area contributed by atoms with Crippen LogP contribution in [0.1, 0.15) is 56.2 Å². The molecule has 128 valence electrons. The zero-order valence-electron chi connectivity index (χ0n) is 14.7. The summed E-state index contributed by atoms with van der Waals surface area (Å²) in [5, 5.41) is 3.40. The molecule has 1 N–H and O–H groups in total. The molecule has 1 aromatic heterocycles. The van der Waals surface area contributed by atoms with E-state index in [-0.39, 0.29) is 0 Å². The number of anilines is 1. The first-order valence-electron chi connectivity index (χ1n) is 9.34. The molecule has 1 aliphatic rings. The molecule has 1 saturated heterocycles. The van der Waals surface area contributed by atoms with E-state index in [0.29, 0.717) is 6.04 Å². The summed E-state index contributed by atoms with van der Waals surface area (Å²) in [6.45, 7) is 5.42. The zero-order chi connectivity index (χ0) is 16.6. The number of aromatic nitrogens is 1. The summed E-state index contributed by atoms with van der Waals surface area (Å²) in [6.07, 6.45) is 8.32. The first kappa shape index (κ1) is 17.0. The highest BCUT2D eigenvalue weighted by Crippen LogP contribution is 2.32. The summed E-state index contributed by atoms with van der Waals surface area (Å²) in [5.74, 6) is 0.998. The minimum Gasteiger partial charge on any atom is -0.370 e. The van der Waals surface area contributed by atoms with Gasteiger partial charge in [-0.05, 0) is 43.0 Å². The standard InChI is InChI=1S/C21H29N3/c1-2-3-14-22-21-13-12-19(16-23-21)20-11-7-8-15-24(20)17-18-9-5-4-6-10-18/h4-6,9-10,12-13,16,20H,2-3,7-8,11,14-15,17H2,1H3,(H,22,23). The highest BCUT2D eigenvalue weighted by Gasteiger charge is 2.24. The van der Waals surface area contributed by atoms with Gasteiger partial charge in [0, 0.05) is 25.3 Å². The second-order valence-corrected chi connectivity index (χ2v) is 6.72. The first-order valence-corrected chi connectivity index (χ1v) is 9.34. The maximum Gasteiger partial charge on any atom is 0.125 e. The van der Waals surface area contributed by atoms with E-state index in [9.17, 15) is 0 Å². The van der Waals surface area contributed by atoms with Crippen LogP contribution in [-0.4, -0.2) is 23.0 Å². The minimum atomic E-state index is 0.496. The lowest BCUT2D eigenvalue weighted by molar-refractivity contribution is 0.140. The molecule has 0 aliphatic carbocycles. The third-order valence-corrected chi connectivity index (χ3v) is 4.85. The van der Waals surface area contributed by atoms with Crippen molar-refractivity contribution in [3.05, 3.63) is 59.8 Å². The zero-order valence-corrected chi connectivity index (χ0v) is 14.7. The largest absolute Gasteiger partial charge is 0.370 e. The molecule has 0 spiro atoms. The number of piperidine rings is 1. The third-order valence-electron chi connectivity index (χ3n) is 4.85. The Morgan fingerprint density at radius 2 is 2.00 bits per heavy atom. The Morgan fingerprint density at radius 1 is 1.12 bits per heavy atom. The molecular formula is C21H29N3. The number of hydrogen-bond acceptors (Lipinski definition) is 3. The van der Waals surface area contributed by atoms with Crippen LogP contribution in [0.3, 0.4) is 0 Å². The molecule has 0 saturated carbocycles. The Labute approximate surface area is 146 Å². The maximum absolute atomic E-state index is 4.63. The van der Waals surface area contributed by atoms with Crippen LogP contribution >= 0.6 is 0 Å². The number of nitrogens with zero attached hydrogens (tertiary/aromatic N) is 2. The van der Waals surface area contributed by atoms with E-state index in [1.807, 2.05) is 0 Å². The molecule has 0 bridgehead atoms. The van der Waals surface area contributed by atoms with Crippen LogP contribution in [0.15, 0.2) is 48.7 Å². The Morgan fingerprint density at radius 3 is 2.75 bits per heavy atom. The Balaban J connectivity index is 1.66. The molecule has 3 heteroatoms. The van der Waals surface area contributed by atoms with Crippen LogP contribution in [0.25, 0.3) is 0 Å². The second kappa shape index (κ2) is 8.84. The molecule has 3 rings (SSSR count). The SMILES string of the molecule is CCCCNc1ccc(C2CCCCN2Cc2ccccc2)cn1. The van der Waals surface area contributed by atoms with E-state index in [1.165, 1.54) is 49.8 Å². The highest BCUT2D eigenvalue weighted by molar-refractivity contribution is 5.36. The van der Waals surface area contributed by atoms with E-state index in [1.54, 1.807) is 0 Å². The van der Waals surface area contributed by atoms with Gasteiger partial charge in [-0.2, -0.15) is 0 Å². The lowest BCUT2D eigenvalue weighted by Gasteiger charge is -2.36. The molecule has 1 unspecified atom stereocenters. The maximum atomic E-state index is 4.63. The first-order chi connectivity index (χ1) is 11.9. The van der Waals surface area contributed by atoms with Gasteiger partial charge in [0.25, 0.3) is 0 Å². The topological polar surface area (TPSA) is 28.2 Å². The molecule has 0 radical (unpaired) electrons. The van der Waals surface area contributed by atoms with Crippen molar-refractivity contribution >= 4 is 5.82 Å². The van der Waals surface area contributed by atoms with Crippen molar-refractivity contribution < 1.29 is 0 Å². The fourth-order valence-corrected chi connectivity index (χ4v) is 3.48. The predicted octanol–water partition coefficient (Wildman–Crippen LogP) is 5.02. The van der Waals surface area contributed by atoms with Crippen LogP contribution in [0.2, 0.25) is 0 Å². The summed E-state index contributed by atoms with van der Waals surface area (Å²) in [6, 6.07) is 15.7. The van der Waals surface area contributed by atoms with Crippen LogP contribution < -0.4 is 5.32 Å². The summed E-state index contributed by atoms with van der Waals surface area (Å²) in [7, 11) is 0. The van der Waals surface area contributed by atoms with Crippen molar-refractivity contribution in [2.24, 2.45) is 0 Å². The van der Waals surface area contributed by atoms with E-state index >= 15 is 0 Å². The van der Waals surface area contributed by atoms with Gasteiger partial charge in [-0.1, -0.05) is 56.2 Å². The molecule has 1 atom stereocenters. The van der Waals surface area contributed by atoms with Crippen LogP contribution in [0.5, 0.6) is 0 Å². The van der Waals surface area contributed by atoms with Gasteiger partial charge in [0.2, 0.25) is 0 Å². The van der Waals surface area contributed by atoms with Crippen molar-refractivity contribution in [1.29, 1.82) is 0 Å². The average Bonchev–Trinajstić information content (AvgIpc) is 2.64. The summed E-state index contributed by atoms with van der Waals surface area (Å²) < 4.78 is 0. The van der Waals surface area contributed by atoms with Gasteiger partial charge in [0.15, 0.2) is 0 Å². The molecule has 1 fully saturated rings. The summed E-state index contributed by atoms with van der Waals surface area (Å²) in [5.41, 5.74) is 2.75. The van der Waals surface area contributed by atoms with Crippen molar-refractivity contribution in [2.45, 2.75) is 51.6 Å². The number of nitrogens with one attached hydrogen (secondary N) is 1. The van der Waals surface area contributed by atoms with E-state index < -0.39 is 0 Å². The van der Waals surface area contributed by atoms with Gasteiger partial charge < -0.3 is 5.32 Å². The quantitative estimate of drug-likeness (QED) is 0.725. The molecule has 2 aromatic rings. The average molecular weight is 323 g/mol. The minimum absolute atomic E-state index is 0.496. The Hall–Kier alpha value is -1.87. The number of pyridine rings is 1. The van der Waals surface area contributed by atoms with Gasteiger partial charge in [-0.15, -0.1) is 0 Å². The molecule has 0 amide bonds. The normalized spacial score (nSPS) is 18.5. The molecular weight excluding hydrogens is 294 g/mol. The van der Waals surface area contributed by atoms with E-state index in [2.05, 4.69) is 70.8 Å². The van der Waals surface area contributed by atoms with Gasteiger partial charge in [-0.25, -0.2) is 4.98 Å². The predicted molar refractivity (Wildman–Crippen MR) is 101 cm³/mol. The van der Waals surface area contributed by atoms with Crippen LogP contribution in [-0.2, 0) is 6.54 Å². The molecule has 1 aromatic carbocycles. The molecule has 2 heterocycles. The van der Waals surface area contributed by atoms with Crippen molar-refractivity contribution in [2.75, 3.05) is 18.4 Å². The van der Waals surface area contributed by atoms with Crippen molar-refractivity contribution in [3.63, 3.8) is 0 Å². The van der Waals surface area contributed by atoms with Gasteiger partial charge in [0.05, 0.1) is 0 Å². The Kier molecular flexibility index (Phi) is 6.25. The number of likely N-dealkylation sites (tertiary alicyclic amines) is 1. The van der Waals surface area contributed by atoms with Crippen LogP contribution in [0, 0.1) is 0 Å². The van der Waals surface area contributed by atoms with E-state index in [4.69, 9.17) is 0 Å². The highest BCUT2D eigenvalue weighted by atomic mass is 15.2. The number of benzene rings is 1. The fraction of sp³-hybridized carbons (Fsp3) is 0.476. The number of rotatable bonds is 7. The van der Waals surface area contributed by atoms with Crippen LogP contribution in [0.4, 0.5) is 5.82 Å². The van der Waals surface area contributed by atoms with E-state index in [0.717, 1.165) is 18.9 Å². The van der Waals surface area contributed by atoms with Gasteiger partial charge >= 0.3 is 0 Å². The second-order valence-electron chi connectivity index (χ2n) is 6.72.